The van der Waals surface area contributed by atoms with Crippen LogP contribution in [0.5, 0.6) is 0 Å². The van der Waals surface area contributed by atoms with Crippen LogP contribution in [0.1, 0.15) is 11.7 Å². The van der Waals surface area contributed by atoms with Crippen LogP contribution in [-0.2, 0) is 14.3 Å². The first kappa shape index (κ1) is 13.4. The molecule has 0 fully saturated rings. The second-order valence-corrected chi connectivity index (χ2v) is 3.34. The van der Waals surface area contributed by atoms with E-state index in [1.807, 2.05) is 30.3 Å². The molecular formula is C13H16O4. The van der Waals surface area contributed by atoms with Crippen molar-refractivity contribution in [2.24, 2.45) is 0 Å². The zero-order chi connectivity index (χ0) is 12.5. The van der Waals surface area contributed by atoms with E-state index in [1.54, 1.807) is 0 Å². The maximum absolute atomic E-state index is 11.2. The van der Waals surface area contributed by atoms with Crippen molar-refractivity contribution in [2.75, 3.05) is 19.8 Å². The summed E-state index contributed by atoms with van der Waals surface area (Å²) in [5, 5.41) is 8.63. The van der Waals surface area contributed by atoms with E-state index in [0.717, 1.165) is 11.6 Å². The molecule has 0 bridgehead atoms. The average molecular weight is 236 g/mol. The fourth-order valence-electron chi connectivity index (χ4n) is 1.31. The van der Waals surface area contributed by atoms with Crippen LogP contribution >= 0.6 is 0 Å². The molecule has 0 saturated heterocycles. The van der Waals surface area contributed by atoms with E-state index in [9.17, 15) is 4.79 Å². The zero-order valence-corrected chi connectivity index (χ0v) is 9.54. The van der Waals surface area contributed by atoms with Crippen LogP contribution < -0.4 is 0 Å². The second kappa shape index (κ2) is 7.60. The minimum atomic E-state index is -0.494. The predicted molar refractivity (Wildman–Crippen MR) is 63.4 cm³/mol. The Morgan fingerprint density at radius 1 is 1.41 bits per heavy atom. The molecule has 0 aliphatic carbocycles. The first-order valence-electron chi connectivity index (χ1n) is 5.34. The van der Waals surface area contributed by atoms with Crippen LogP contribution in [0.4, 0.5) is 0 Å². The molecule has 1 aromatic carbocycles. The van der Waals surface area contributed by atoms with Crippen molar-refractivity contribution in [3.63, 3.8) is 0 Å². The quantitative estimate of drug-likeness (QED) is 0.442. The molecule has 1 aromatic rings. The highest BCUT2D eigenvalue weighted by Crippen LogP contribution is 2.17. The summed E-state index contributed by atoms with van der Waals surface area (Å²) in [5.41, 5.74) is 0.848. The van der Waals surface area contributed by atoms with Crippen molar-refractivity contribution in [3.8, 4) is 0 Å². The predicted octanol–water partition coefficient (Wildman–Crippen LogP) is 1.47. The second-order valence-electron chi connectivity index (χ2n) is 3.34. The summed E-state index contributed by atoms with van der Waals surface area (Å²) < 4.78 is 10.4. The first-order chi connectivity index (χ1) is 8.27. The number of aliphatic hydroxyl groups excluding tert-OH is 1. The van der Waals surface area contributed by atoms with Gasteiger partial charge in [-0.3, -0.25) is 0 Å². The molecule has 0 spiro atoms. The Bertz CT molecular complexity index is 348. The fourth-order valence-corrected chi connectivity index (χ4v) is 1.31. The summed E-state index contributed by atoms with van der Waals surface area (Å²) in [6.45, 7) is 3.72. The Hall–Kier alpha value is -1.65. The van der Waals surface area contributed by atoms with E-state index in [-0.39, 0.29) is 19.8 Å². The third kappa shape index (κ3) is 4.80. The molecule has 0 aromatic heterocycles. The minimum absolute atomic E-state index is 0.0586. The van der Waals surface area contributed by atoms with Crippen molar-refractivity contribution < 1.29 is 19.4 Å². The number of benzene rings is 1. The SMILES string of the molecule is C=CC(=O)OC(COCCO)c1ccccc1. The van der Waals surface area contributed by atoms with Crippen LogP contribution in [0.25, 0.3) is 0 Å². The number of carbonyl (C=O) groups excluding carboxylic acids is 1. The molecule has 0 aliphatic rings. The molecule has 17 heavy (non-hydrogen) atoms. The van der Waals surface area contributed by atoms with Gasteiger partial charge in [-0.2, -0.15) is 0 Å². The Morgan fingerprint density at radius 2 is 2.12 bits per heavy atom. The summed E-state index contributed by atoms with van der Waals surface area (Å²) in [4.78, 5) is 11.2. The topological polar surface area (TPSA) is 55.8 Å². The monoisotopic (exact) mass is 236 g/mol. The first-order valence-corrected chi connectivity index (χ1v) is 5.34. The molecule has 0 aliphatic heterocycles. The third-order valence-electron chi connectivity index (χ3n) is 2.10. The number of aliphatic hydroxyl groups is 1. The highest BCUT2D eigenvalue weighted by Gasteiger charge is 2.15. The van der Waals surface area contributed by atoms with Crippen LogP contribution in [0.2, 0.25) is 0 Å². The van der Waals surface area contributed by atoms with Crippen molar-refractivity contribution in [3.05, 3.63) is 48.6 Å². The molecule has 1 atom stereocenters. The maximum atomic E-state index is 11.2. The van der Waals surface area contributed by atoms with Gasteiger partial charge in [0.25, 0.3) is 0 Å². The van der Waals surface area contributed by atoms with Crippen LogP contribution in [0, 0.1) is 0 Å². The third-order valence-corrected chi connectivity index (χ3v) is 2.10. The van der Waals surface area contributed by atoms with Gasteiger partial charge in [-0.15, -0.1) is 0 Å². The number of carbonyl (C=O) groups is 1. The molecule has 4 heteroatoms. The normalized spacial score (nSPS) is 11.8. The molecule has 92 valence electrons. The van der Waals surface area contributed by atoms with Crippen molar-refractivity contribution in [1.82, 2.24) is 0 Å². The lowest BCUT2D eigenvalue weighted by Gasteiger charge is -2.17. The van der Waals surface area contributed by atoms with Gasteiger partial charge in [0, 0.05) is 6.08 Å². The van der Waals surface area contributed by atoms with E-state index in [0.29, 0.717) is 0 Å². The fraction of sp³-hybridized carbons (Fsp3) is 0.308. The van der Waals surface area contributed by atoms with Gasteiger partial charge < -0.3 is 14.6 Å². The van der Waals surface area contributed by atoms with Crippen LogP contribution in [0.3, 0.4) is 0 Å². The lowest BCUT2D eigenvalue weighted by Crippen LogP contribution is -2.16. The van der Waals surface area contributed by atoms with E-state index >= 15 is 0 Å². The Labute approximate surface area is 100 Å². The number of ether oxygens (including phenoxy) is 2. The lowest BCUT2D eigenvalue weighted by atomic mass is 10.1. The molecule has 4 nitrogen and oxygen atoms in total. The standard InChI is InChI=1S/C13H16O4/c1-2-13(15)17-12(10-16-9-8-14)11-6-4-3-5-7-11/h2-7,12,14H,1,8-10H2. The molecule has 0 saturated carbocycles. The van der Waals surface area contributed by atoms with Crippen molar-refractivity contribution in [2.45, 2.75) is 6.10 Å². The number of rotatable bonds is 7. The molecule has 0 radical (unpaired) electrons. The van der Waals surface area contributed by atoms with Gasteiger partial charge in [-0.1, -0.05) is 36.9 Å². The number of hydrogen-bond acceptors (Lipinski definition) is 4. The summed E-state index contributed by atoms with van der Waals surface area (Å²) in [5.74, 6) is -0.494. The largest absolute Gasteiger partial charge is 0.452 e. The average Bonchev–Trinajstić information content (AvgIpc) is 2.38. The summed E-state index contributed by atoms with van der Waals surface area (Å²) in [6.07, 6.45) is 0.635. The van der Waals surface area contributed by atoms with E-state index in [4.69, 9.17) is 14.6 Å². The highest BCUT2D eigenvalue weighted by molar-refractivity contribution is 5.81. The summed E-state index contributed by atoms with van der Waals surface area (Å²) in [6, 6.07) is 9.30. The minimum Gasteiger partial charge on any atom is -0.452 e. The highest BCUT2D eigenvalue weighted by atomic mass is 16.6. The molecule has 0 amide bonds. The Morgan fingerprint density at radius 3 is 2.71 bits per heavy atom. The van der Waals surface area contributed by atoms with Crippen LogP contribution in [-0.4, -0.2) is 30.9 Å². The van der Waals surface area contributed by atoms with Gasteiger partial charge >= 0.3 is 5.97 Å². The van der Waals surface area contributed by atoms with Gasteiger partial charge in [0.2, 0.25) is 0 Å². The van der Waals surface area contributed by atoms with E-state index < -0.39 is 12.1 Å². The van der Waals surface area contributed by atoms with Gasteiger partial charge in [0.05, 0.1) is 19.8 Å². The molecular weight excluding hydrogens is 220 g/mol. The molecule has 1 N–H and O–H groups in total. The van der Waals surface area contributed by atoms with Crippen molar-refractivity contribution in [1.29, 1.82) is 0 Å². The zero-order valence-electron chi connectivity index (χ0n) is 9.54. The Balaban J connectivity index is 2.65. The van der Waals surface area contributed by atoms with E-state index in [2.05, 4.69) is 6.58 Å². The summed E-state index contributed by atoms with van der Waals surface area (Å²) >= 11 is 0. The van der Waals surface area contributed by atoms with Gasteiger partial charge in [-0.05, 0) is 5.56 Å². The number of hydrogen-bond donors (Lipinski definition) is 1. The van der Waals surface area contributed by atoms with E-state index in [1.165, 1.54) is 0 Å². The molecule has 1 unspecified atom stereocenters. The van der Waals surface area contributed by atoms with Crippen LogP contribution in [0.15, 0.2) is 43.0 Å². The Kier molecular flexibility index (Phi) is 5.99. The molecule has 1 rings (SSSR count). The smallest absolute Gasteiger partial charge is 0.330 e. The van der Waals surface area contributed by atoms with Gasteiger partial charge in [0.15, 0.2) is 6.10 Å². The lowest BCUT2D eigenvalue weighted by molar-refractivity contribution is -0.146. The molecule has 0 heterocycles. The summed E-state index contributed by atoms with van der Waals surface area (Å²) in [7, 11) is 0. The van der Waals surface area contributed by atoms with Crippen molar-refractivity contribution >= 4 is 5.97 Å². The number of esters is 1. The van der Waals surface area contributed by atoms with Gasteiger partial charge in [-0.25, -0.2) is 4.79 Å². The maximum Gasteiger partial charge on any atom is 0.330 e. The van der Waals surface area contributed by atoms with Gasteiger partial charge in [0.1, 0.15) is 0 Å².